The molecule has 0 bridgehead atoms. The van der Waals surface area contributed by atoms with Gasteiger partial charge < -0.3 is 10.1 Å². The summed E-state index contributed by atoms with van der Waals surface area (Å²) in [6.45, 7) is 0.542. The van der Waals surface area contributed by atoms with E-state index in [1.54, 1.807) is 0 Å². The summed E-state index contributed by atoms with van der Waals surface area (Å²) < 4.78 is 5.41. The highest BCUT2D eigenvalue weighted by Crippen LogP contribution is 2.02. The molecule has 1 aliphatic rings. The summed E-state index contributed by atoms with van der Waals surface area (Å²) in [4.78, 5) is 0. The van der Waals surface area contributed by atoms with Crippen molar-refractivity contribution in [3.8, 4) is 0 Å². The first-order valence-electron chi connectivity index (χ1n) is 1.54. The summed E-state index contributed by atoms with van der Waals surface area (Å²) in [7, 11) is 0. The molecule has 0 aromatic rings. The van der Waals surface area contributed by atoms with Crippen molar-refractivity contribution in [3.63, 3.8) is 0 Å². The van der Waals surface area contributed by atoms with Crippen molar-refractivity contribution in [3.05, 3.63) is 10.9 Å². The Morgan fingerprint density at radius 3 is 3.00 bits per heavy atom. The van der Waals surface area contributed by atoms with Crippen LogP contribution in [0.25, 0.3) is 0 Å². The van der Waals surface area contributed by atoms with E-state index < -0.39 is 0 Å². The van der Waals surface area contributed by atoms with Gasteiger partial charge in [-0.05, 0) is 15.9 Å². The van der Waals surface area contributed by atoms with Crippen molar-refractivity contribution >= 4 is 15.9 Å². The second kappa shape index (κ2) is 1.51. The number of hydrogen-bond acceptors (Lipinski definition) is 2. The molecular formula is C3H3BrNO. The van der Waals surface area contributed by atoms with E-state index in [1.807, 2.05) is 0 Å². The van der Waals surface area contributed by atoms with Crippen LogP contribution >= 0.6 is 15.9 Å². The van der Waals surface area contributed by atoms with Gasteiger partial charge in [-0.25, -0.2) is 0 Å². The largest absolute Gasteiger partial charge is 0.467 e. The molecule has 1 N–H and O–H groups in total. The lowest BCUT2D eigenvalue weighted by molar-refractivity contribution is 0.248. The van der Waals surface area contributed by atoms with E-state index in [0.717, 1.165) is 4.61 Å². The van der Waals surface area contributed by atoms with Crippen LogP contribution in [0.3, 0.4) is 0 Å². The molecule has 0 saturated carbocycles. The van der Waals surface area contributed by atoms with Gasteiger partial charge in [0, 0.05) is 0 Å². The van der Waals surface area contributed by atoms with Crippen LogP contribution in [0.5, 0.6) is 0 Å². The Morgan fingerprint density at radius 1 is 2.00 bits per heavy atom. The molecule has 0 amide bonds. The zero-order valence-electron chi connectivity index (χ0n) is 2.99. The molecule has 0 aromatic heterocycles. The summed E-state index contributed by atoms with van der Waals surface area (Å²) in [5.74, 6) is 0. The predicted molar refractivity (Wildman–Crippen MR) is 24.8 cm³/mol. The highest BCUT2D eigenvalue weighted by atomic mass is 79.9. The van der Waals surface area contributed by atoms with Crippen LogP contribution in [0.1, 0.15) is 0 Å². The maximum atomic E-state index is 4.61. The Labute approximate surface area is 44.3 Å². The van der Waals surface area contributed by atoms with Gasteiger partial charge in [-0.3, -0.25) is 0 Å². The SMILES string of the molecule is BrC1=[C]OCN1. The molecule has 1 aliphatic heterocycles. The van der Waals surface area contributed by atoms with Gasteiger partial charge in [-0.15, -0.1) is 0 Å². The summed E-state index contributed by atoms with van der Waals surface area (Å²) in [5, 5.41) is 2.82. The maximum Gasteiger partial charge on any atom is 0.196 e. The van der Waals surface area contributed by atoms with Gasteiger partial charge in [0.25, 0.3) is 0 Å². The molecule has 0 aliphatic carbocycles. The van der Waals surface area contributed by atoms with E-state index in [1.165, 1.54) is 0 Å². The summed E-state index contributed by atoms with van der Waals surface area (Å²) >= 11 is 3.11. The molecule has 0 aromatic carbocycles. The minimum atomic E-state index is 0.542. The van der Waals surface area contributed by atoms with Crippen molar-refractivity contribution in [1.82, 2.24) is 5.32 Å². The van der Waals surface area contributed by atoms with E-state index in [4.69, 9.17) is 0 Å². The van der Waals surface area contributed by atoms with Crippen molar-refractivity contribution in [1.29, 1.82) is 0 Å². The van der Waals surface area contributed by atoms with Crippen LogP contribution in [-0.4, -0.2) is 6.73 Å². The molecule has 0 unspecified atom stereocenters. The summed E-state index contributed by atoms with van der Waals surface area (Å²) in [6.07, 6.45) is 2.54. The molecule has 33 valence electrons. The van der Waals surface area contributed by atoms with Gasteiger partial charge in [0.2, 0.25) is 0 Å². The maximum absolute atomic E-state index is 4.61. The standard InChI is InChI=1S/C3H3BrNO/c4-3-1-6-2-5-3/h5H,2H2. The lowest BCUT2D eigenvalue weighted by atomic mass is 11.0. The van der Waals surface area contributed by atoms with Crippen LogP contribution in [-0.2, 0) is 4.74 Å². The molecule has 2 nitrogen and oxygen atoms in total. The first-order chi connectivity index (χ1) is 2.89. The van der Waals surface area contributed by atoms with Gasteiger partial charge in [0.15, 0.2) is 13.0 Å². The lowest BCUT2D eigenvalue weighted by Crippen LogP contribution is -2.02. The van der Waals surface area contributed by atoms with E-state index in [9.17, 15) is 0 Å². The lowest BCUT2D eigenvalue weighted by Gasteiger charge is -1.84. The fraction of sp³-hybridized carbons (Fsp3) is 0.333. The Hall–Kier alpha value is -0.180. The summed E-state index contributed by atoms with van der Waals surface area (Å²) in [5.41, 5.74) is 0. The smallest absolute Gasteiger partial charge is 0.196 e. The third-order valence-electron chi connectivity index (χ3n) is 0.461. The third kappa shape index (κ3) is 0.653. The fourth-order valence-corrected chi connectivity index (χ4v) is 0.464. The monoisotopic (exact) mass is 148 g/mol. The zero-order valence-corrected chi connectivity index (χ0v) is 4.58. The molecule has 1 rings (SSSR count). The van der Waals surface area contributed by atoms with E-state index >= 15 is 0 Å². The van der Waals surface area contributed by atoms with Gasteiger partial charge >= 0.3 is 0 Å². The topological polar surface area (TPSA) is 21.3 Å². The van der Waals surface area contributed by atoms with Crippen molar-refractivity contribution < 1.29 is 4.74 Å². The minimum Gasteiger partial charge on any atom is -0.467 e. The van der Waals surface area contributed by atoms with Crippen LogP contribution in [0.15, 0.2) is 4.61 Å². The first-order valence-corrected chi connectivity index (χ1v) is 2.33. The van der Waals surface area contributed by atoms with Gasteiger partial charge in [-0.1, -0.05) is 0 Å². The van der Waals surface area contributed by atoms with Crippen molar-refractivity contribution in [2.75, 3.05) is 6.73 Å². The quantitative estimate of drug-likeness (QED) is 0.508. The van der Waals surface area contributed by atoms with Crippen LogP contribution < -0.4 is 5.32 Å². The Bertz CT molecular complexity index is 80.9. The highest BCUT2D eigenvalue weighted by Gasteiger charge is 1.96. The Kier molecular flexibility index (Phi) is 1.01. The van der Waals surface area contributed by atoms with Crippen molar-refractivity contribution in [2.45, 2.75) is 0 Å². The van der Waals surface area contributed by atoms with E-state index in [0.29, 0.717) is 6.73 Å². The second-order valence-corrected chi connectivity index (χ2v) is 1.67. The van der Waals surface area contributed by atoms with Gasteiger partial charge in [0.1, 0.15) is 4.61 Å². The molecule has 0 spiro atoms. The Balaban J connectivity index is 2.45. The zero-order chi connectivity index (χ0) is 4.41. The highest BCUT2D eigenvalue weighted by molar-refractivity contribution is 9.11. The second-order valence-electron chi connectivity index (χ2n) is 0.881. The predicted octanol–water partition coefficient (Wildman–Crippen LogP) is 0.561. The minimum absolute atomic E-state index is 0.542. The fourth-order valence-electron chi connectivity index (χ4n) is 0.235. The molecule has 1 radical (unpaired) electrons. The van der Waals surface area contributed by atoms with E-state index in [-0.39, 0.29) is 0 Å². The van der Waals surface area contributed by atoms with Crippen molar-refractivity contribution in [2.24, 2.45) is 0 Å². The molecule has 0 saturated heterocycles. The van der Waals surface area contributed by atoms with Crippen LogP contribution in [0, 0.1) is 6.26 Å². The Morgan fingerprint density at radius 2 is 2.83 bits per heavy atom. The number of ether oxygens (including phenoxy) is 1. The normalized spacial score (nSPS) is 18.5. The third-order valence-corrected chi connectivity index (χ3v) is 0.904. The number of rotatable bonds is 0. The first kappa shape index (κ1) is 3.99. The molecular weight excluding hydrogens is 146 g/mol. The number of halogens is 1. The number of nitrogens with one attached hydrogen (secondary N) is 1. The molecule has 6 heavy (non-hydrogen) atoms. The van der Waals surface area contributed by atoms with E-state index in [2.05, 4.69) is 32.2 Å². The molecule has 0 fully saturated rings. The average Bonchev–Trinajstić information content (AvgIpc) is 1.86. The van der Waals surface area contributed by atoms with Crippen LogP contribution in [0.4, 0.5) is 0 Å². The summed E-state index contributed by atoms with van der Waals surface area (Å²) in [6, 6.07) is 0. The van der Waals surface area contributed by atoms with Crippen LogP contribution in [0.2, 0.25) is 0 Å². The van der Waals surface area contributed by atoms with Gasteiger partial charge in [0.05, 0.1) is 0 Å². The average molecular weight is 149 g/mol. The van der Waals surface area contributed by atoms with Gasteiger partial charge in [-0.2, -0.15) is 0 Å². The molecule has 0 atom stereocenters. The number of hydrogen-bond donors (Lipinski definition) is 1. The molecule has 3 heteroatoms. The molecule has 1 heterocycles.